The zero-order valence-corrected chi connectivity index (χ0v) is 13.9. The Balaban J connectivity index is 2.24. The minimum atomic E-state index is -0.423. The Labute approximate surface area is 136 Å². The Morgan fingerprint density at radius 1 is 1.52 bits per heavy atom. The van der Waals surface area contributed by atoms with E-state index >= 15 is 0 Å². The normalized spacial score (nSPS) is 12.6. The van der Waals surface area contributed by atoms with Gasteiger partial charge in [-0.3, -0.25) is 4.68 Å². The number of hydrogen-bond acceptors (Lipinski definition) is 3. The number of aromatic nitrogens is 2. The summed E-state index contributed by atoms with van der Waals surface area (Å²) in [5, 5.41) is 4.62. The van der Waals surface area contributed by atoms with Crippen molar-refractivity contribution in [1.82, 2.24) is 9.78 Å². The zero-order chi connectivity index (χ0) is 15.4. The number of hydrogen-bond donors (Lipinski definition) is 1. The van der Waals surface area contributed by atoms with Gasteiger partial charge in [0.25, 0.3) is 0 Å². The predicted octanol–water partition coefficient (Wildman–Crippen LogP) is 3.33. The molecule has 1 unspecified atom stereocenters. The fourth-order valence-electron chi connectivity index (χ4n) is 2.14. The van der Waals surface area contributed by atoms with Crippen molar-refractivity contribution in [2.45, 2.75) is 19.0 Å². The number of methoxy groups -OCH3 is 1. The van der Waals surface area contributed by atoms with Crippen molar-refractivity contribution in [2.24, 2.45) is 5.73 Å². The second kappa shape index (κ2) is 7.35. The summed E-state index contributed by atoms with van der Waals surface area (Å²) in [5.74, 6) is -0.350. The lowest BCUT2D eigenvalue weighted by Crippen LogP contribution is -2.21. The minimum Gasteiger partial charge on any atom is -0.383 e. The molecule has 0 bridgehead atoms. The number of nitrogens with zero attached hydrogens (tertiary/aromatic N) is 2. The quantitative estimate of drug-likeness (QED) is 0.841. The van der Waals surface area contributed by atoms with Crippen molar-refractivity contribution in [2.75, 3.05) is 13.7 Å². The van der Waals surface area contributed by atoms with Gasteiger partial charge in [0.1, 0.15) is 5.82 Å². The smallest absolute Gasteiger partial charge is 0.127 e. The third kappa shape index (κ3) is 3.83. The summed E-state index contributed by atoms with van der Waals surface area (Å²) in [6.07, 6.45) is 1.97. The van der Waals surface area contributed by atoms with E-state index in [1.807, 2.05) is 0 Å². The Kier molecular flexibility index (Phi) is 5.75. The van der Waals surface area contributed by atoms with Gasteiger partial charge in [-0.2, -0.15) is 5.10 Å². The first-order chi connectivity index (χ1) is 10.0. The van der Waals surface area contributed by atoms with Gasteiger partial charge >= 0.3 is 0 Å². The van der Waals surface area contributed by atoms with Crippen LogP contribution in [0.25, 0.3) is 0 Å². The third-order valence-corrected chi connectivity index (χ3v) is 4.14. The lowest BCUT2D eigenvalue weighted by molar-refractivity contribution is 0.182. The summed E-state index contributed by atoms with van der Waals surface area (Å²) in [5.41, 5.74) is 7.44. The predicted molar refractivity (Wildman–Crippen MR) is 83.8 cm³/mol. The number of ether oxygens (including phenoxy) is 1. The molecule has 1 aromatic heterocycles. The van der Waals surface area contributed by atoms with Crippen molar-refractivity contribution >= 4 is 27.5 Å². The highest BCUT2D eigenvalue weighted by Crippen LogP contribution is 2.28. The van der Waals surface area contributed by atoms with Gasteiger partial charge in [-0.1, -0.05) is 17.7 Å². The lowest BCUT2D eigenvalue weighted by atomic mass is 10.0. The van der Waals surface area contributed by atoms with Crippen LogP contribution in [-0.4, -0.2) is 23.5 Å². The molecule has 0 saturated carbocycles. The van der Waals surface area contributed by atoms with E-state index in [0.717, 1.165) is 10.2 Å². The molecule has 0 aliphatic heterocycles. The fraction of sp³-hybridized carbons (Fsp3) is 0.357. The van der Waals surface area contributed by atoms with E-state index in [-0.39, 0.29) is 5.82 Å². The summed E-state index contributed by atoms with van der Waals surface area (Å²) in [6, 6.07) is 4.19. The third-order valence-electron chi connectivity index (χ3n) is 3.18. The number of benzene rings is 1. The van der Waals surface area contributed by atoms with Gasteiger partial charge in [0, 0.05) is 17.7 Å². The first-order valence-corrected chi connectivity index (χ1v) is 7.60. The van der Waals surface area contributed by atoms with Crippen molar-refractivity contribution in [3.8, 4) is 0 Å². The van der Waals surface area contributed by atoms with E-state index in [0.29, 0.717) is 30.2 Å². The molecule has 2 N–H and O–H groups in total. The van der Waals surface area contributed by atoms with Crippen LogP contribution in [0.15, 0.2) is 28.9 Å². The molecule has 2 rings (SSSR count). The highest BCUT2D eigenvalue weighted by molar-refractivity contribution is 9.10. The van der Waals surface area contributed by atoms with Gasteiger partial charge in [0.05, 0.1) is 35.6 Å². The van der Waals surface area contributed by atoms with E-state index < -0.39 is 6.04 Å². The van der Waals surface area contributed by atoms with Crippen LogP contribution in [0.5, 0.6) is 0 Å². The highest BCUT2D eigenvalue weighted by atomic mass is 79.9. The van der Waals surface area contributed by atoms with Crippen molar-refractivity contribution in [3.63, 3.8) is 0 Å². The van der Waals surface area contributed by atoms with Crippen LogP contribution in [0.2, 0.25) is 5.02 Å². The number of nitrogens with two attached hydrogens (primary N) is 1. The second-order valence-corrected chi connectivity index (χ2v) is 5.87. The van der Waals surface area contributed by atoms with Crippen LogP contribution in [0, 0.1) is 5.82 Å². The molecule has 0 radical (unpaired) electrons. The standard InChI is InChI=1S/C14H16BrClFN3O/c1-21-6-5-20-14(10(15)8-19-20)13(18)7-9-11(16)3-2-4-12(9)17/h2-4,8,13H,5-7,18H2,1H3. The maximum Gasteiger partial charge on any atom is 0.127 e. The summed E-state index contributed by atoms with van der Waals surface area (Å²) in [4.78, 5) is 0. The maximum atomic E-state index is 13.9. The molecule has 0 aliphatic rings. The van der Waals surface area contributed by atoms with Crippen LogP contribution in [0.1, 0.15) is 17.3 Å². The molecule has 21 heavy (non-hydrogen) atoms. The van der Waals surface area contributed by atoms with Crippen LogP contribution in [0.4, 0.5) is 4.39 Å². The molecule has 1 atom stereocenters. The molecule has 4 nitrogen and oxygen atoms in total. The molecule has 2 aromatic rings. The molecule has 0 amide bonds. The largest absolute Gasteiger partial charge is 0.383 e. The molecule has 0 spiro atoms. The van der Waals surface area contributed by atoms with E-state index in [2.05, 4.69) is 21.0 Å². The lowest BCUT2D eigenvalue weighted by Gasteiger charge is -2.16. The minimum absolute atomic E-state index is 0.294. The highest BCUT2D eigenvalue weighted by Gasteiger charge is 2.19. The van der Waals surface area contributed by atoms with Crippen molar-refractivity contribution < 1.29 is 9.13 Å². The topological polar surface area (TPSA) is 53.1 Å². The first-order valence-electron chi connectivity index (χ1n) is 6.43. The second-order valence-electron chi connectivity index (χ2n) is 4.60. The summed E-state index contributed by atoms with van der Waals surface area (Å²) >= 11 is 9.48. The van der Waals surface area contributed by atoms with E-state index in [4.69, 9.17) is 22.1 Å². The Morgan fingerprint density at radius 2 is 2.29 bits per heavy atom. The maximum absolute atomic E-state index is 13.9. The van der Waals surface area contributed by atoms with Crippen LogP contribution >= 0.6 is 27.5 Å². The van der Waals surface area contributed by atoms with Gasteiger partial charge in [0.15, 0.2) is 0 Å². The van der Waals surface area contributed by atoms with Crippen molar-refractivity contribution in [3.05, 3.63) is 51.0 Å². The number of halogens is 3. The van der Waals surface area contributed by atoms with E-state index in [1.54, 1.807) is 30.1 Å². The van der Waals surface area contributed by atoms with Gasteiger partial charge < -0.3 is 10.5 Å². The Morgan fingerprint density at radius 3 is 2.95 bits per heavy atom. The monoisotopic (exact) mass is 375 g/mol. The van der Waals surface area contributed by atoms with Gasteiger partial charge in [-0.15, -0.1) is 0 Å². The van der Waals surface area contributed by atoms with Gasteiger partial charge in [-0.05, 0) is 34.5 Å². The molecule has 114 valence electrons. The SMILES string of the molecule is COCCn1ncc(Br)c1C(N)Cc1c(F)cccc1Cl. The number of rotatable bonds is 6. The van der Waals surface area contributed by atoms with Gasteiger partial charge in [0.2, 0.25) is 0 Å². The molecule has 0 aliphatic carbocycles. The summed E-state index contributed by atoms with van der Waals surface area (Å²) < 4.78 is 21.5. The average Bonchev–Trinajstić information content (AvgIpc) is 2.81. The Hall–Kier alpha value is -0.950. The zero-order valence-electron chi connectivity index (χ0n) is 11.5. The molecule has 0 fully saturated rings. The Bertz CT molecular complexity index is 600. The molecule has 1 aromatic carbocycles. The average molecular weight is 377 g/mol. The van der Waals surface area contributed by atoms with Crippen molar-refractivity contribution in [1.29, 1.82) is 0 Å². The molecular formula is C14H16BrClFN3O. The van der Waals surface area contributed by atoms with Crippen LogP contribution < -0.4 is 5.73 Å². The molecule has 0 saturated heterocycles. The summed E-state index contributed by atoms with van der Waals surface area (Å²) in [6.45, 7) is 1.10. The molecular weight excluding hydrogens is 361 g/mol. The fourth-order valence-corrected chi connectivity index (χ4v) is 2.97. The van der Waals surface area contributed by atoms with Gasteiger partial charge in [-0.25, -0.2) is 4.39 Å². The summed E-state index contributed by atoms with van der Waals surface area (Å²) in [7, 11) is 1.62. The van der Waals surface area contributed by atoms with Crippen LogP contribution in [-0.2, 0) is 17.7 Å². The van der Waals surface area contributed by atoms with E-state index in [9.17, 15) is 4.39 Å². The first kappa shape index (κ1) is 16.4. The van der Waals surface area contributed by atoms with E-state index in [1.165, 1.54) is 6.07 Å². The molecule has 7 heteroatoms. The van der Waals surface area contributed by atoms with Crippen LogP contribution in [0.3, 0.4) is 0 Å². The molecule has 1 heterocycles.